The van der Waals surface area contributed by atoms with Crippen molar-refractivity contribution in [1.29, 1.82) is 0 Å². The fraction of sp³-hybridized carbons (Fsp3) is 0.208. The first-order valence-corrected chi connectivity index (χ1v) is 9.63. The van der Waals surface area contributed by atoms with E-state index < -0.39 is 0 Å². The molecule has 3 aromatic carbocycles. The molecular weight excluding hydrogens is 330 g/mol. The predicted molar refractivity (Wildman–Crippen MR) is 115 cm³/mol. The van der Waals surface area contributed by atoms with E-state index in [4.69, 9.17) is 10.7 Å². The molecule has 3 heteroatoms. The number of unbranched alkanes of at least 4 members (excludes halogenated alkanes) is 1. The van der Waals surface area contributed by atoms with Crippen LogP contribution < -0.4 is 10.6 Å². The van der Waals surface area contributed by atoms with Crippen LogP contribution in [0.4, 0.5) is 5.69 Å². The molecule has 0 fully saturated rings. The molecule has 0 radical (unpaired) electrons. The van der Waals surface area contributed by atoms with E-state index in [1.54, 1.807) is 0 Å². The van der Waals surface area contributed by atoms with Gasteiger partial charge in [0.2, 0.25) is 0 Å². The molecule has 136 valence electrons. The van der Waals surface area contributed by atoms with Gasteiger partial charge in [0.15, 0.2) is 0 Å². The number of anilines is 1. The lowest BCUT2D eigenvalue weighted by atomic mass is 10.1. The largest absolute Gasteiger partial charge is 0.366 e. The lowest BCUT2D eigenvalue weighted by Crippen LogP contribution is -2.25. The number of hydrogen-bond donors (Lipinski definition) is 1. The van der Waals surface area contributed by atoms with Crippen LogP contribution in [0.3, 0.4) is 0 Å². The zero-order valence-corrected chi connectivity index (χ0v) is 15.5. The number of fused-ring (bicyclic) bond motifs is 2. The number of para-hydroxylation sites is 2. The zero-order valence-electron chi connectivity index (χ0n) is 15.5. The topological polar surface area (TPSA) is 42.1 Å². The van der Waals surface area contributed by atoms with Crippen molar-refractivity contribution in [3.63, 3.8) is 0 Å². The number of pyridine rings is 1. The van der Waals surface area contributed by atoms with E-state index in [1.807, 2.05) is 0 Å². The number of aromatic nitrogens is 1. The van der Waals surface area contributed by atoms with Gasteiger partial charge >= 0.3 is 0 Å². The quantitative estimate of drug-likeness (QED) is 0.369. The summed E-state index contributed by atoms with van der Waals surface area (Å²) in [4.78, 5) is 7.37. The van der Waals surface area contributed by atoms with E-state index in [2.05, 4.69) is 83.8 Å². The number of benzene rings is 3. The second-order valence-electron chi connectivity index (χ2n) is 6.90. The third kappa shape index (κ3) is 3.79. The standard InChI is InChI=1S/C24H25N3/c25-16-8-9-17-27(18-19-10-2-1-3-11-19)24-20-12-4-6-14-22(20)26-23-15-7-5-13-21(23)24/h1-7,10-15H,8-9,16-18,25H2. The Bertz CT molecular complexity index is 973. The van der Waals surface area contributed by atoms with Crippen LogP contribution in [-0.4, -0.2) is 18.1 Å². The van der Waals surface area contributed by atoms with Crippen LogP contribution in [-0.2, 0) is 6.54 Å². The molecule has 0 atom stereocenters. The Morgan fingerprint density at radius 1 is 0.704 bits per heavy atom. The van der Waals surface area contributed by atoms with Crippen molar-refractivity contribution >= 4 is 27.5 Å². The summed E-state index contributed by atoms with van der Waals surface area (Å²) in [5.74, 6) is 0. The summed E-state index contributed by atoms with van der Waals surface area (Å²) in [7, 11) is 0. The summed E-state index contributed by atoms with van der Waals surface area (Å²) < 4.78 is 0. The molecule has 4 rings (SSSR count). The van der Waals surface area contributed by atoms with Crippen LogP contribution in [0.1, 0.15) is 18.4 Å². The second-order valence-corrected chi connectivity index (χ2v) is 6.90. The molecule has 0 saturated heterocycles. The van der Waals surface area contributed by atoms with Gasteiger partial charge in [-0.1, -0.05) is 66.7 Å². The molecule has 1 heterocycles. The highest BCUT2D eigenvalue weighted by Gasteiger charge is 2.15. The number of hydrogen-bond acceptors (Lipinski definition) is 3. The average molecular weight is 355 g/mol. The smallest absolute Gasteiger partial charge is 0.0730 e. The van der Waals surface area contributed by atoms with E-state index in [-0.39, 0.29) is 0 Å². The summed E-state index contributed by atoms with van der Waals surface area (Å²) in [5, 5.41) is 2.42. The van der Waals surface area contributed by atoms with Gasteiger partial charge in [0, 0.05) is 23.9 Å². The Morgan fingerprint density at radius 2 is 1.30 bits per heavy atom. The van der Waals surface area contributed by atoms with Crippen molar-refractivity contribution < 1.29 is 0 Å². The van der Waals surface area contributed by atoms with Crippen LogP contribution >= 0.6 is 0 Å². The first-order chi connectivity index (χ1) is 13.4. The molecule has 0 saturated carbocycles. The summed E-state index contributed by atoms with van der Waals surface area (Å²) in [6.07, 6.45) is 2.11. The highest BCUT2D eigenvalue weighted by molar-refractivity contribution is 6.07. The first kappa shape index (κ1) is 17.5. The van der Waals surface area contributed by atoms with Gasteiger partial charge in [-0.05, 0) is 37.1 Å². The monoisotopic (exact) mass is 355 g/mol. The highest BCUT2D eigenvalue weighted by Crippen LogP contribution is 2.34. The minimum absolute atomic E-state index is 0.733. The minimum atomic E-state index is 0.733. The average Bonchev–Trinajstić information content (AvgIpc) is 2.72. The maximum absolute atomic E-state index is 5.76. The molecule has 0 amide bonds. The van der Waals surface area contributed by atoms with E-state index in [1.165, 1.54) is 22.0 Å². The molecule has 0 bridgehead atoms. The Balaban J connectivity index is 1.87. The molecule has 3 nitrogen and oxygen atoms in total. The number of nitrogens with two attached hydrogens (primary N) is 1. The van der Waals surface area contributed by atoms with Gasteiger partial charge in [-0.3, -0.25) is 0 Å². The Hall–Kier alpha value is -2.91. The van der Waals surface area contributed by atoms with Gasteiger partial charge < -0.3 is 10.6 Å². The molecule has 4 aromatic rings. The minimum Gasteiger partial charge on any atom is -0.366 e. The van der Waals surface area contributed by atoms with Gasteiger partial charge in [-0.15, -0.1) is 0 Å². The molecular formula is C24H25N3. The summed E-state index contributed by atoms with van der Waals surface area (Å²) in [6, 6.07) is 27.6. The van der Waals surface area contributed by atoms with Crippen molar-refractivity contribution in [2.24, 2.45) is 5.73 Å². The molecule has 1 aromatic heterocycles. The molecule has 0 aliphatic rings. The van der Waals surface area contributed by atoms with Crippen molar-refractivity contribution in [2.45, 2.75) is 19.4 Å². The van der Waals surface area contributed by atoms with Crippen LogP contribution in [0.5, 0.6) is 0 Å². The SMILES string of the molecule is NCCCCN(Cc1ccccc1)c1c2ccccc2nc2ccccc12. The van der Waals surface area contributed by atoms with Gasteiger partial charge in [0.05, 0.1) is 16.7 Å². The molecule has 0 spiro atoms. The number of nitrogens with zero attached hydrogens (tertiary/aromatic N) is 2. The lowest BCUT2D eigenvalue weighted by Gasteiger charge is -2.28. The predicted octanol–water partition coefficient (Wildman–Crippen LogP) is 5.13. The molecule has 27 heavy (non-hydrogen) atoms. The summed E-state index contributed by atoms with van der Waals surface area (Å²) >= 11 is 0. The van der Waals surface area contributed by atoms with Crippen LogP contribution in [0, 0.1) is 0 Å². The van der Waals surface area contributed by atoms with E-state index in [0.29, 0.717) is 0 Å². The van der Waals surface area contributed by atoms with Crippen molar-refractivity contribution in [1.82, 2.24) is 4.98 Å². The first-order valence-electron chi connectivity index (χ1n) is 9.63. The van der Waals surface area contributed by atoms with Crippen molar-refractivity contribution in [3.8, 4) is 0 Å². The fourth-order valence-corrected chi connectivity index (χ4v) is 3.68. The van der Waals surface area contributed by atoms with Crippen LogP contribution in [0.2, 0.25) is 0 Å². The Morgan fingerprint density at radius 3 is 1.93 bits per heavy atom. The molecule has 0 aliphatic heterocycles. The molecule has 0 unspecified atom stereocenters. The van der Waals surface area contributed by atoms with Crippen LogP contribution in [0.15, 0.2) is 78.9 Å². The third-order valence-electron chi connectivity index (χ3n) is 4.97. The van der Waals surface area contributed by atoms with Gasteiger partial charge in [-0.25, -0.2) is 4.98 Å². The maximum Gasteiger partial charge on any atom is 0.0730 e. The lowest BCUT2D eigenvalue weighted by molar-refractivity contribution is 0.694. The maximum atomic E-state index is 5.76. The van der Waals surface area contributed by atoms with Crippen LogP contribution in [0.25, 0.3) is 21.8 Å². The number of rotatable bonds is 7. The Labute approximate surface area is 160 Å². The summed E-state index contributed by atoms with van der Waals surface area (Å²) in [5.41, 5.74) is 10.4. The molecule has 0 aliphatic carbocycles. The Kier molecular flexibility index (Phi) is 5.31. The third-order valence-corrected chi connectivity index (χ3v) is 4.97. The van der Waals surface area contributed by atoms with E-state index >= 15 is 0 Å². The zero-order chi connectivity index (χ0) is 18.5. The molecule has 2 N–H and O–H groups in total. The fourth-order valence-electron chi connectivity index (χ4n) is 3.68. The second kappa shape index (κ2) is 8.19. The van der Waals surface area contributed by atoms with E-state index in [0.717, 1.165) is 43.5 Å². The van der Waals surface area contributed by atoms with E-state index in [9.17, 15) is 0 Å². The van der Waals surface area contributed by atoms with Crippen molar-refractivity contribution in [3.05, 3.63) is 84.4 Å². The van der Waals surface area contributed by atoms with Gasteiger partial charge in [-0.2, -0.15) is 0 Å². The highest BCUT2D eigenvalue weighted by atomic mass is 15.1. The van der Waals surface area contributed by atoms with Gasteiger partial charge in [0.25, 0.3) is 0 Å². The normalized spacial score (nSPS) is 11.1. The summed E-state index contributed by atoms with van der Waals surface area (Å²) in [6.45, 7) is 2.59. The van der Waals surface area contributed by atoms with Crippen molar-refractivity contribution in [2.75, 3.05) is 18.0 Å². The van der Waals surface area contributed by atoms with Gasteiger partial charge in [0.1, 0.15) is 0 Å².